The summed E-state index contributed by atoms with van der Waals surface area (Å²) >= 11 is 0. The van der Waals surface area contributed by atoms with Crippen LogP contribution in [0.2, 0.25) is 0 Å². The Bertz CT molecular complexity index is 684. The number of hydrogen-bond donors (Lipinski definition) is 2. The molecule has 120 valence electrons. The third-order valence-electron chi connectivity index (χ3n) is 3.23. The number of halogens is 1. The molecule has 0 aliphatic rings. The molecular weight excluding hydrogens is 297 g/mol. The van der Waals surface area contributed by atoms with Gasteiger partial charge in [0.2, 0.25) is 11.8 Å². The number of carbonyl (C=O) groups excluding carboxylic acids is 2. The number of amides is 2. The summed E-state index contributed by atoms with van der Waals surface area (Å²) in [7, 11) is 1.80. The lowest BCUT2D eigenvalue weighted by molar-refractivity contribution is -0.117. The second kappa shape index (κ2) is 7.51. The van der Waals surface area contributed by atoms with E-state index in [4.69, 9.17) is 5.73 Å². The van der Waals surface area contributed by atoms with Crippen molar-refractivity contribution in [2.24, 2.45) is 5.73 Å². The number of anilines is 1. The summed E-state index contributed by atoms with van der Waals surface area (Å²) < 4.78 is 12.8. The molecule has 0 radical (unpaired) electrons. The van der Waals surface area contributed by atoms with Crippen LogP contribution in [0.3, 0.4) is 0 Å². The van der Waals surface area contributed by atoms with Gasteiger partial charge in [0.15, 0.2) is 0 Å². The van der Waals surface area contributed by atoms with Crippen molar-refractivity contribution in [2.75, 3.05) is 18.9 Å². The number of hydrogen-bond acceptors (Lipinski definition) is 3. The van der Waals surface area contributed by atoms with Gasteiger partial charge in [0.05, 0.1) is 6.54 Å². The first kappa shape index (κ1) is 16.6. The molecule has 0 saturated heterocycles. The van der Waals surface area contributed by atoms with E-state index >= 15 is 0 Å². The first-order valence-electron chi connectivity index (χ1n) is 7.07. The van der Waals surface area contributed by atoms with Crippen molar-refractivity contribution < 1.29 is 14.0 Å². The SMILES string of the molecule is CN(CC(=O)Nc1ccc(C(N)=O)cc1)Cc1ccc(F)cc1. The van der Waals surface area contributed by atoms with Gasteiger partial charge in [-0.05, 0) is 49.0 Å². The van der Waals surface area contributed by atoms with E-state index in [-0.39, 0.29) is 18.3 Å². The van der Waals surface area contributed by atoms with Crippen LogP contribution in [-0.2, 0) is 11.3 Å². The molecular formula is C17H18FN3O2. The summed E-state index contributed by atoms with van der Waals surface area (Å²) in [5.74, 6) is -0.975. The zero-order valence-electron chi connectivity index (χ0n) is 12.8. The Morgan fingerprint density at radius 1 is 1.09 bits per heavy atom. The first-order chi connectivity index (χ1) is 10.9. The van der Waals surface area contributed by atoms with Crippen LogP contribution in [0.4, 0.5) is 10.1 Å². The maximum Gasteiger partial charge on any atom is 0.248 e. The Labute approximate surface area is 133 Å². The lowest BCUT2D eigenvalue weighted by atomic mass is 10.2. The molecule has 2 amide bonds. The van der Waals surface area contributed by atoms with E-state index in [0.29, 0.717) is 17.8 Å². The van der Waals surface area contributed by atoms with Gasteiger partial charge in [-0.2, -0.15) is 0 Å². The fraction of sp³-hybridized carbons (Fsp3) is 0.176. The van der Waals surface area contributed by atoms with E-state index in [1.165, 1.54) is 12.1 Å². The third-order valence-corrected chi connectivity index (χ3v) is 3.23. The van der Waals surface area contributed by atoms with Crippen molar-refractivity contribution in [1.82, 2.24) is 4.90 Å². The molecule has 23 heavy (non-hydrogen) atoms. The topological polar surface area (TPSA) is 75.4 Å². The van der Waals surface area contributed by atoms with E-state index < -0.39 is 5.91 Å². The Morgan fingerprint density at radius 2 is 1.70 bits per heavy atom. The Balaban J connectivity index is 1.86. The van der Waals surface area contributed by atoms with Crippen LogP contribution < -0.4 is 11.1 Å². The number of nitrogens with zero attached hydrogens (tertiary/aromatic N) is 1. The minimum Gasteiger partial charge on any atom is -0.366 e. The van der Waals surface area contributed by atoms with Gasteiger partial charge in [0.25, 0.3) is 0 Å². The molecule has 0 aliphatic carbocycles. The van der Waals surface area contributed by atoms with E-state index in [1.54, 1.807) is 43.4 Å². The summed E-state index contributed by atoms with van der Waals surface area (Å²) in [5.41, 5.74) is 7.06. The molecule has 2 aromatic carbocycles. The minimum absolute atomic E-state index is 0.179. The number of rotatable bonds is 6. The Hall–Kier alpha value is -2.73. The highest BCUT2D eigenvalue weighted by Gasteiger charge is 2.08. The monoisotopic (exact) mass is 315 g/mol. The molecule has 5 nitrogen and oxygen atoms in total. The fourth-order valence-corrected chi connectivity index (χ4v) is 2.12. The Kier molecular flexibility index (Phi) is 5.43. The van der Waals surface area contributed by atoms with E-state index in [2.05, 4.69) is 5.32 Å². The summed E-state index contributed by atoms with van der Waals surface area (Å²) in [6, 6.07) is 12.5. The van der Waals surface area contributed by atoms with Crippen LogP contribution in [-0.4, -0.2) is 30.3 Å². The standard InChI is InChI=1S/C17H18FN3O2/c1-21(10-12-2-6-14(18)7-3-12)11-16(22)20-15-8-4-13(5-9-15)17(19)23/h2-9H,10-11H2,1H3,(H2,19,23)(H,20,22). The summed E-state index contributed by atoms with van der Waals surface area (Å²) in [4.78, 5) is 24.8. The van der Waals surface area contributed by atoms with Crippen LogP contribution in [0, 0.1) is 5.82 Å². The highest BCUT2D eigenvalue weighted by atomic mass is 19.1. The average molecular weight is 315 g/mol. The number of nitrogens with two attached hydrogens (primary N) is 1. The highest BCUT2D eigenvalue weighted by molar-refractivity contribution is 5.95. The van der Waals surface area contributed by atoms with Crippen LogP contribution in [0.25, 0.3) is 0 Å². The van der Waals surface area contributed by atoms with E-state index in [0.717, 1.165) is 5.56 Å². The predicted molar refractivity (Wildman–Crippen MR) is 86.3 cm³/mol. The summed E-state index contributed by atoms with van der Waals surface area (Å²) in [6.07, 6.45) is 0. The maximum absolute atomic E-state index is 12.8. The largest absolute Gasteiger partial charge is 0.366 e. The number of carbonyl (C=O) groups is 2. The van der Waals surface area contributed by atoms with Crippen LogP contribution in [0.5, 0.6) is 0 Å². The van der Waals surface area contributed by atoms with Gasteiger partial charge in [0.1, 0.15) is 5.82 Å². The molecule has 2 rings (SSSR count). The third kappa shape index (κ3) is 5.19. The molecule has 0 aromatic heterocycles. The van der Waals surface area contributed by atoms with Gasteiger partial charge in [-0.15, -0.1) is 0 Å². The Morgan fingerprint density at radius 3 is 2.26 bits per heavy atom. The molecule has 0 bridgehead atoms. The fourth-order valence-electron chi connectivity index (χ4n) is 2.12. The van der Waals surface area contributed by atoms with Gasteiger partial charge in [-0.1, -0.05) is 12.1 Å². The van der Waals surface area contributed by atoms with E-state index in [1.807, 2.05) is 4.90 Å². The summed E-state index contributed by atoms with van der Waals surface area (Å²) in [6.45, 7) is 0.725. The van der Waals surface area contributed by atoms with Crippen LogP contribution >= 0.6 is 0 Å². The second-order valence-corrected chi connectivity index (χ2v) is 5.29. The molecule has 0 unspecified atom stereocenters. The van der Waals surface area contributed by atoms with Crippen molar-refractivity contribution in [2.45, 2.75) is 6.54 Å². The number of nitrogens with one attached hydrogen (secondary N) is 1. The maximum atomic E-state index is 12.8. The van der Waals surface area contributed by atoms with Gasteiger partial charge < -0.3 is 11.1 Å². The van der Waals surface area contributed by atoms with Gasteiger partial charge in [0, 0.05) is 17.8 Å². The molecule has 3 N–H and O–H groups in total. The number of likely N-dealkylation sites (N-methyl/N-ethyl adjacent to an activating group) is 1. The van der Waals surface area contributed by atoms with Gasteiger partial charge >= 0.3 is 0 Å². The lowest BCUT2D eigenvalue weighted by Crippen LogP contribution is -2.29. The lowest BCUT2D eigenvalue weighted by Gasteiger charge is -2.16. The van der Waals surface area contributed by atoms with Crippen molar-refractivity contribution in [3.63, 3.8) is 0 Å². The van der Waals surface area contributed by atoms with Crippen LogP contribution in [0.1, 0.15) is 15.9 Å². The minimum atomic E-state index is -0.512. The number of benzene rings is 2. The predicted octanol–water partition coefficient (Wildman–Crippen LogP) is 2.00. The van der Waals surface area contributed by atoms with Crippen LogP contribution in [0.15, 0.2) is 48.5 Å². The quantitative estimate of drug-likeness (QED) is 0.856. The molecule has 2 aromatic rings. The van der Waals surface area contributed by atoms with Crippen molar-refractivity contribution in [3.8, 4) is 0 Å². The molecule has 0 spiro atoms. The molecule has 6 heteroatoms. The van der Waals surface area contributed by atoms with Crippen molar-refractivity contribution in [3.05, 3.63) is 65.5 Å². The summed E-state index contributed by atoms with van der Waals surface area (Å²) in [5, 5.41) is 2.74. The molecule has 0 fully saturated rings. The molecule has 0 atom stereocenters. The molecule has 0 aliphatic heterocycles. The van der Waals surface area contributed by atoms with E-state index in [9.17, 15) is 14.0 Å². The molecule has 0 heterocycles. The zero-order valence-corrected chi connectivity index (χ0v) is 12.8. The van der Waals surface area contributed by atoms with Gasteiger partial charge in [-0.25, -0.2) is 4.39 Å². The smallest absolute Gasteiger partial charge is 0.248 e. The normalized spacial score (nSPS) is 10.6. The highest BCUT2D eigenvalue weighted by Crippen LogP contribution is 2.10. The molecule has 0 saturated carbocycles. The second-order valence-electron chi connectivity index (χ2n) is 5.29. The van der Waals surface area contributed by atoms with Gasteiger partial charge in [-0.3, -0.25) is 14.5 Å². The first-order valence-corrected chi connectivity index (χ1v) is 7.07. The van der Waals surface area contributed by atoms with Crippen molar-refractivity contribution in [1.29, 1.82) is 0 Å². The number of primary amides is 1. The van der Waals surface area contributed by atoms with Crippen molar-refractivity contribution >= 4 is 17.5 Å². The zero-order chi connectivity index (χ0) is 16.8. The average Bonchev–Trinajstić information content (AvgIpc) is 2.50.